The van der Waals surface area contributed by atoms with E-state index in [1.807, 2.05) is 12.3 Å². The Morgan fingerprint density at radius 1 is 1.39 bits per heavy atom. The summed E-state index contributed by atoms with van der Waals surface area (Å²) in [6.07, 6.45) is 5.86. The van der Waals surface area contributed by atoms with Gasteiger partial charge in [-0.2, -0.15) is 0 Å². The van der Waals surface area contributed by atoms with E-state index in [2.05, 4.69) is 44.2 Å². The Balaban J connectivity index is 1.60. The van der Waals surface area contributed by atoms with Gasteiger partial charge in [0.2, 0.25) is 0 Å². The Hall–Kier alpha value is -0.450. The van der Waals surface area contributed by atoms with Crippen LogP contribution in [0, 0.1) is 5.92 Å². The van der Waals surface area contributed by atoms with Gasteiger partial charge in [-0.3, -0.25) is 4.98 Å². The molecule has 3 nitrogen and oxygen atoms in total. The normalized spacial score (nSPS) is 18.1. The van der Waals surface area contributed by atoms with Gasteiger partial charge < -0.3 is 10.2 Å². The van der Waals surface area contributed by atoms with Crippen LogP contribution in [0.15, 0.2) is 22.8 Å². The van der Waals surface area contributed by atoms with Gasteiger partial charge in [-0.15, -0.1) is 0 Å². The maximum atomic E-state index is 4.36. The Morgan fingerprint density at radius 3 is 2.83 bits per heavy atom. The lowest BCUT2D eigenvalue weighted by molar-refractivity contribution is 0.211. The van der Waals surface area contributed by atoms with Crippen molar-refractivity contribution in [3.05, 3.63) is 28.5 Å². The van der Waals surface area contributed by atoms with Crippen LogP contribution in [0.3, 0.4) is 0 Å². The average Bonchev–Trinajstić information content (AvgIpc) is 2.39. The van der Waals surface area contributed by atoms with Gasteiger partial charge in [0.05, 0.1) is 5.69 Å². The van der Waals surface area contributed by atoms with Crippen LogP contribution in [0.2, 0.25) is 0 Å². The van der Waals surface area contributed by atoms with Crippen LogP contribution in [0.25, 0.3) is 0 Å². The highest BCUT2D eigenvalue weighted by atomic mass is 79.9. The quantitative estimate of drug-likeness (QED) is 0.847. The maximum Gasteiger partial charge on any atom is 0.0542 e. The highest BCUT2D eigenvalue weighted by molar-refractivity contribution is 9.10. The second-order valence-corrected chi connectivity index (χ2v) is 6.10. The largest absolute Gasteiger partial charge is 0.311 e. The summed E-state index contributed by atoms with van der Waals surface area (Å²) in [5.41, 5.74) is 1.11. The lowest BCUT2D eigenvalue weighted by Crippen LogP contribution is -2.31. The maximum absolute atomic E-state index is 4.36. The van der Waals surface area contributed by atoms with Crippen molar-refractivity contribution in [2.24, 2.45) is 5.92 Å². The fraction of sp³-hybridized carbons (Fsp3) is 0.643. The first-order valence-corrected chi connectivity index (χ1v) is 7.53. The lowest BCUT2D eigenvalue weighted by Gasteiger charge is -2.28. The SMILES string of the molecule is CN1CCC(CCNCc2ccc(Br)cn2)CC1. The van der Waals surface area contributed by atoms with E-state index < -0.39 is 0 Å². The van der Waals surface area contributed by atoms with E-state index in [-0.39, 0.29) is 0 Å². The molecule has 0 aliphatic carbocycles. The van der Waals surface area contributed by atoms with Crippen LogP contribution in [0.1, 0.15) is 25.0 Å². The summed E-state index contributed by atoms with van der Waals surface area (Å²) in [7, 11) is 2.22. The molecule has 1 saturated heterocycles. The average molecular weight is 312 g/mol. The standard InChI is InChI=1S/C14H22BrN3/c1-18-8-5-12(6-9-18)4-7-16-11-14-3-2-13(15)10-17-14/h2-3,10,12,16H,4-9,11H2,1H3. The number of nitrogens with one attached hydrogen (secondary N) is 1. The molecular formula is C14H22BrN3. The summed E-state index contributed by atoms with van der Waals surface area (Å²) in [6.45, 7) is 4.50. The highest BCUT2D eigenvalue weighted by Gasteiger charge is 2.15. The molecule has 0 amide bonds. The van der Waals surface area contributed by atoms with Crippen LogP contribution in [0.5, 0.6) is 0 Å². The highest BCUT2D eigenvalue weighted by Crippen LogP contribution is 2.18. The van der Waals surface area contributed by atoms with Crippen molar-refractivity contribution in [1.82, 2.24) is 15.2 Å². The van der Waals surface area contributed by atoms with Crippen LogP contribution in [0.4, 0.5) is 0 Å². The predicted octanol–water partition coefficient (Wildman–Crippen LogP) is 2.67. The minimum Gasteiger partial charge on any atom is -0.311 e. The molecule has 1 aromatic rings. The van der Waals surface area contributed by atoms with Gasteiger partial charge >= 0.3 is 0 Å². The number of hydrogen-bond donors (Lipinski definition) is 1. The zero-order valence-corrected chi connectivity index (χ0v) is 12.6. The van der Waals surface area contributed by atoms with Gasteiger partial charge in [-0.25, -0.2) is 0 Å². The molecule has 1 aliphatic heterocycles. The van der Waals surface area contributed by atoms with Crippen molar-refractivity contribution >= 4 is 15.9 Å². The van der Waals surface area contributed by atoms with Crippen molar-refractivity contribution in [1.29, 1.82) is 0 Å². The molecule has 1 N–H and O–H groups in total. The number of piperidine rings is 1. The number of aromatic nitrogens is 1. The van der Waals surface area contributed by atoms with Gasteiger partial charge in [-0.05, 0) is 79.9 Å². The zero-order valence-electron chi connectivity index (χ0n) is 11.0. The number of rotatable bonds is 5. The Labute approximate surface area is 118 Å². The molecule has 0 unspecified atom stereocenters. The molecule has 1 aromatic heterocycles. The van der Waals surface area contributed by atoms with Crippen LogP contribution >= 0.6 is 15.9 Å². The number of pyridine rings is 1. The van der Waals surface area contributed by atoms with Gasteiger partial charge in [0.1, 0.15) is 0 Å². The second-order valence-electron chi connectivity index (χ2n) is 5.18. The molecule has 100 valence electrons. The first-order chi connectivity index (χ1) is 8.74. The fourth-order valence-electron chi connectivity index (χ4n) is 2.38. The van der Waals surface area contributed by atoms with Crippen LogP contribution in [-0.4, -0.2) is 36.6 Å². The van der Waals surface area contributed by atoms with Crippen LogP contribution < -0.4 is 5.32 Å². The summed E-state index contributed by atoms with van der Waals surface area (Å²) in [5, 5.41) is 3.49. The topological polar surface area (TPSA) is 28.2 Å². The number of likely N-dealkylation sites (tertiary alicyclic amines) is 1. The van der Waals surface area contributed by atoms with Gasteiger partial charge in [0.25, 0.3) is 0 Å². The van der Waals surface area contributed by atoms with Crippen LogP contribution in [-0.2, 0) is 6.54 Å². The Bertz CT molecular complexity index is 345. The Morgan fingerprint density at radius 2 is 2.17 bits per heavy atom. The van der Waals surface area contributed by atoms with Gasteiger partial charge in [0, 0.05) is 17.2 Å². The first kappa shape index (κ1) is 14.0. The lowest BCUT2D eigenvalue weighted by atomic mass is 9.94. The molecule has 0 bridgehead atoms. The van der Waals surface area contributed by atoms with E-state index in [1.165, 1.54) is 32.4 Å². The summed E-state index contributed by atoms with van der Waals surface area (Å²) < 4.78 is 1.04. The molecule has 0 saturated carbocycles. The summed E-state index contributed by atoms with van der Waals surface area (Å²) in [5.74, 6) is 0.909. The molecule has 1 aliphatic rings. The molecule has 0 spiro atoms. The van der Waals surface area contributed by atoms with E-state index in [0.717, 1.165) is 29.2 Å². The zero-order chi connectivity index (χ0) is 12.8. The van der Waals surface area contributed by atoms with Gasteiger partial charge in [-0.1, -0.05) is 0 Å². The van der Waals surface area contributed by atoms with Crippen molar-refractivity contribution in [2.75, 3.05) is 26.7 Å². The van der Waals surface area contributed by atoms with Crippen molar-refractivity contribution in [2.45, 2.75) is 25.8 Å². The molecular weight excluding hydrogens is 290 g/mol. The monoisotopic (exact) mass is 311 g/mol. The summed E-state index contributed by atoms with van der Waals surface area (Å²) in [6, 6.07) is 4.10. The van der Waals surface area contributed by atoms with E-state index in [4.69, 9.17) is 0 Å². The number of hydrogen-bond acceptors (Lipinski definition) is 3. The van der Waals surface area contributed by atoms with E-state index >= 15 is 0 Å². The summed E-state index contributed by atoms with van der Waals surface area (Å²) >= 11 is 3.40. The molecule has 4 heteroatoms. The molecule has 0 aromatic carbocycles. The minimum atomic E-state index is 0.875. The van der Waals surface area contributed by atoms with Crippen molar-refractivity contribution < 1.29 is 0 Å². The van der Waals surface area contributed by atoms with Gasteiger partial charge in [0.15, 0.2) is 0 Å². The third-order valence-corrected chi connectivity index (χ3v) is 4.13. The van der Waals surface area contributed by atoms with E-state index in [1.54, 1.807) is 0 Å². The minimum absolute atomic E-state index is 0.875. The first-order valence-electron chi connectivity index (χ1n) is 6.74. The van der Waals surface area contributed by atoms with E-state index in [9.17, 15) is 0 Å². The predicted molar refractivity (Wildman–Crippen MR) is 78.5 cm³/mol. The van der Waals surface area contributed by atoms with Crippen molar-refractivity contribution in [3.63, 3.8) is 0 Å². The third kappa shape index (κ3) is 4.67. The number of nitrogens with zero attached hydrogens (tertiary/aromatic N) is 2. The molecule has 1 fully saturated rings. The molecule has 2 rings (SSSR count). The number of halogens is 1. The third-order valence-electron chi connectivity index (χ3n) is 3.66. The molecule has 0 radical (unpaired) electrons. The fourth-order valence-corrected chi connectivity index (χ4v) is 2.62. The molecule has 2 heterocycles. The van der Waals surface area contributed by atoms with E-state index in [0.29, 0.717) is 0 Å². The summed E-state index contributed by atoms with van der Waals surface area (Å²) in [4.78, 5) is 6.78. The molecule has 18 heavy (non-hydrogen) atoms. The second kappa shape index (κ2) is 7.22. The molecule has 0 atom stereocenters. The van der Waals surface area contributed by atoms with Crippen molar-refractivity contribution in [3.8, 4) is 0 Å². The smallest absolute Gasteiger partial charge is 0.0542 e. The Kier molecular flexibility index (Phi) is 5.60.